The van der Waals surface area contributed by atoms with E-state index >= 15 is 0 Å². The Morgan fingerprint density at radius 3 is 2.54 bits per heavy atom. The van der Waals surface area contributed by atoms with Crippen LogP contribution in [0.2, 0.25) is 0 Å². The first-order chi connectivity index (χ1) is 13.2. The van der Waals surface area contributed by atoms with Gasteiger partial charge in [0.15, 0.2) is 0 Å². The third kappa shape index (κ3) is 5.26. The zero-order valence-corrected chi connectivity index (χ0v) is 17.1. The highest BCUT2D eigenvalue weighted by molar-refractivity contribution is 6.14. The van der Waals surface area contributed by atoms with Gasteiger partial charge in [0.2, 0.25) is 5.91 Å². The first-order valence-electron chi connectivity index (χ1n) is 9.41. The summed E-state index contributed by atoms with van der Waals surface area (Å²) in [5.74, 6) is -1.36. The molecule has 1 unspecified atom stereocenters. The summed E-state index contributed by atoms with van der Waals surface area (Å²) < 4.78 is 1.88. The van der Waals surface area contributed by atoms with Crippen molar-refractivity contribution in [3.05, 3.63) is 29.7 Å². The maximum Gasteiger partial charge on any atom is 0.233 e. The number of aromatic nitrogens is 2. The molecule has 0 radical (unpaired) electrons. The lowest BCUT2D eigenvalue weighted by Gasteiger charge is -2.38. The van der Waals surface area contributed by atoms with Crippen LogP contribution < -0.4 is 17.2 Å². The topological polar surface area (TPSA) is 141 Å². The van der Waals surface area contributed by atoms with Crippen molar-refractivity contribution in [2.75, 3.05) is 19.6 Å². The van der Waals surface area contributed by atoms with Gasteiger partial charge in [0.05, 0.1) is 11.7 Å². The number of hydrogen-bond donors (Lipinski definition) is 3. The van der Waals surface area contributed by atoms with E-state index < -0.39 is 17.4 Å². The number of likely N-dealkylation sites (tertiary alicyclic amines) is 1. The summed E-state index contributed by atoms with van der Waals surface area (Å²) >= 11 is 0. The Labute approximate surface area is 166 Å². The summed E-state index contributed by atoms with van der Waals surface area (Å²) in [6, 6.07) is 0. The molecule has 2 heterocycles. The van der Waals surface area contributed by atoms with Gasteiger partial charge in [-0.05, 0) is 26.7 Å². The number of nitrogens with zero attached hydrogens (tertiary/aromatic N) is 5. The number of carbonyl (C=O) groups excluding carboxylic acids is 1. The maximum atomic E-state index is 11.8. The van der Waals surface area contributed by atoms with E-state index in [1.54, 1.807) is 6.92 Å². The van der Waals surface area contributed by atoms with E-state index in [2.05, 4.69) is 33.5 Å². The monoisotopic (exact) mass is 388 g/mol. The lowest BCUT2D eigenvalue weighted by Crippen LogP contribution is -2.48. The fourth-order valence-electron chi connectivity index (χ4n) is 3.27. The normalized spacial score (nSPS) is 19.1. The van der Waals surface area contributed by atoms with Crippen molar-refractivity contribution < 1.29 is 4.79 Å². The third-order valence-corrected chi connectivity index (χ3v) is 5.34. The second-order valence-corrected chi connectivity index (χ2v) is 7.51. The summed E-state index contributed by atoms with van der Waals surface area (Å²) in [4.78, 5) is 22.8. The van der Waals surface area contributed by atoms with Crippen LogP contribution in [0.3, 0.4) is 0 Å². The van der Waals surface area contributed by atoms with Crippen LogP contribution in [0.25, 0.3) is 0 Å². The number of primary amides is 1. The highest BCUT2D eigenvalue weighted by atomic mass is 16.1. The summed E-state index contributed by atoms with van der Waals surface area (Å²) in [6.45, 7) is 10.4. The molecule has 0 spiro atoms. The van der Waals surface area contributed by atoms with E-state index in [-0.39, 0.29) is 5.84 Å². The Bertz CT molecular complexity index is 771. The molecule has 1 amide bonds. The zero-order valence-electron chi connectivity index (χ0n) is 17.1. The molecule has 1 aromatic heterocycles. The van der Waals surface area contributed by atoms with Gasteiger partial charge in [0.25, 0.3) is 0 Å². The quantitative estimate of drug-likeness (QED) is 0.427. The molecule has 1 aliphatic heterocycles. The third-order valence-electron chi connectivity index (χ3n) is 5.34. The highest BCUT2D eigenvalue weighted by Crippen LogP contribution is 2.27. The van der Waals surface area contributed by atoms with E-state index in [9.17, 15) is 4.79 Å². The lowest BCUT2D eigenvalue weighted by atomic mass is 9.87. The summed E-state index contributed by atoms with van der Waals surface area (Å²) in [6.07, 6.45) is 5.00. The van der Waals surface area contributed by atoms with Gasteiger partial charge in [-0.1, -0.05) is 6.58 Å². The SMILES string of the molecule is C=C(C)N=C(N)C(C=NC1(CN)CCN(Cc2cnn(C)c2C)CC1)C(N)=O. The van der Waals surface area contributed by atoms with Gasteiger partial charge >= 0.3 is 0 Å². The lowest BCUT2D eigenvalue weighted by molar-refractivity contribution is -0.118. The van der Waals surface area contributed by atoms with Crippen LogP contribution in [0.15, 0.2) is 28.5 Å². The zero-order chi connectivity index (χ0) is 20.9. The van der Waals surface area contributed by atoms with Crippen molar-refractivity contribution in [3.8, 4) is 0 Å². The van der Waals surface area contributed by atoms with Gasteiger partial charge in [-0.15, -0.1) is 0 Å². The van der Waals surface area contributed by atoms with Crippen molar-refractivity contribution in [2.45, 2.75) is 38.8 Å². The number of aryl methyl sites for hydroxylation is 1. The molecular weight excluding hydrogens is 356 g/mol. The van der Waals surface area contributed by atoms with E-state index in [0.29, 0.717) is 12.2 Å². The predicted octanol–water partition coefficient (Wildman–Crippen LogP) is 0.0849. The minimum Gasteiger partial charge on any atom is -0.386 e. The fraction of sp³-hybridized carbons (Fsp3) is 0.579. The van der Waals surface area contributed by atoms with Crippen LogP contribution in [0.4, 0.5) is 0 Å². The molecule has 2 rings (SSSR count). The molecule has 28 heavy (non-hydrogen) atoms. The van der Waals surface area contributed by atoms with Crippen LogP contribution in [-0.4, -0.2) is 57.8 Å². The van der Waals surface area contributed by atoms with Gasteiger partial charge in [-0.25, -0.2) is 4.99 Å². The molecule has 6 N–H and O–H groups in total. The molecule has 1 atom stereocenters. The fourth-order valence-corrected chi connectivity index (χ4v) is 3.27. The van der Waals surface area contributed by atoms with Gasteiger partial charge in [-0.3, -0.25) is 19.4 Å². The number of nitrogens with two attached hydrogens (primary N) is 3. The van der Waals surface area contributed by atoms with Gasteiger partial charge < -0.3 is 17.2 Å². The van der Waals surface area contributed by atoms with Gasteiger partial charge in [-0.2, -0.15) is 5.10 Å². The van der Waals surface area contributed by atoms with Gasteiger partial charge in [0, 0.05) is 56.4 Å². The van der Waals surface area contributed by atoms with Crippen molar-refractivity contribution in [1.29, 1.82) is 0 Å². The van der Waals surface area contributed by atoms with Crippen LogP contribution in [0.5, 0.6) is 0 Å². The number of rotatable bonds is 8. The van der Waals surface area contributed by atoms with Crippen molar-refractivity contribution in [3.63, 3.8) is 0 Å². The Hall–Kier alpha value is -2.52. The Kier molecular flexibility index (Phi) is 7.09. The molecule has 0 saturated carbocycles. The molecule has 1 fully saturated rings. The Morgan fingerprint density at radius 1 is 1.43 bits per heavy atom. The van der Waals surface area contributed by atoms with E-state index in [0.717, 1.165) is 32.5 Å². The van der Waals surface area contributed by atoms with Crippen molar-refractivity contribution in [2.24, 2.45) is 40.2 Å². The molecular formula is C19H32N8O. The summed E-state index contributed by atoms with van der Waals surface area (Å²) in [5.41, 5.74) is 19.9. The smallest absolute Gasteiger partial charge is 0.233 e. The predicted molar refractivity (Wildman–Crippen MR) is 112 cm³/mol. The van der Waals surface area contributed by atoms with Crippen LogP contribution >= 0.6 is 0 Å². The summed E-state index contributed by atoms with van der Waals surface area (Å²) in [7, 11) is 1.95. The minimum absolute atomic E-state index is 0.0976. The molecule has 0 aromatic carbocycles. The average Bonchev–Trinajstić information content (AvgIpc) is 2.94. The number of aliphatic imine (C=N–C) groups is 2. The van der Waals surface area contributed by atoms with Crippen molar-refractivity contribution in [1.82, 2.24) is 14.7 Å². The van der Waals surface area contributed by atoms with E-state index in [1.807, 2.05) is 17.9 Å². The largest absolute Gasteiger partial charge is 0.386 e. The highest BCUT2D eigenvalue weighted by Gasteiger charge is 2.33. The Balaban J connectivity index is 2.06. The van der Waals surface area contributed by atoms with Crippen LogP contribution in [-0.2, 0) is 18.4 Å². The number of amidine groups is 1. The first kappa shape index (κ1) is 21.8. The molecule has 1 aromatic rings. The molecule has 1 saturated heterocycles. The second-order valence-electron chi connectivity index (χ2n) is 7.51. The van der Waals surface area contributed by atoms with Crippen LogP contribution in [0, 0.1) is 12.8 Å². The first-order valence-corrected chi connectivity index (χ1v) is 9.41. The Morgan fingerprint density at radius 2 is 2.07 bits per heavy atom. The summed E-state index contributed by atoms with van der Waals surface area (Å²) in [5, 5.41) is 4.30. The minimum atomic E-state index is -0.865. The standard InChI is InChI=1S/C19H32N8O/c1-13(2)25-17(21)16(18(22)28)10-23-19(12-20)5-7-27(8-6-19)11-15-9-24-26(4)14(15)3/h9-10,16H,1,5-8,11-12,20H2,2-4H3,(H2,21,25)(H2,22,28). The van der Waals surface area contributed by atoms with E-state index in [4.69, 9.17) is 17.2 Å². The molecule has 9 nitrogen and oxygen atoms in total. The molecule has 9 heteroatoms. The number of allylic oxidation sites excluding steroid dienone is 1. The van der Waals surface area contributed by atoms with Crippen molar-refractivity contribution >= 4 is 18.0 Å². The van der Waals surface area contributed by atoms with E-state index in [1.165, 1.54) is 17.5 Å². The van der Waals surface area contributed by atoms with Crippen LogP contribution in [0.1, 0.15) is 31.0 Å². The average molecular weight is 389 g/mol. The molecule has 0 bridgehead atoms. The maximum absolute atomic E-state index is 11.8. The number of amides is 1. The molecule has 154 valence electrons. The number of hydrogen-bond acceptors (Lipinski definition) is 6. The number of piperidine rings is 1. The molecule has 1 aliphatic rings. The second kappa shape index (κ2) is 9.11. The molecule has 0 aliphatic carbocycles. The van der Waals surface area contributed by atoms with Gasteiger partial charge in [0.1, 0.15) is 11.8 Å². The number of carbonyl (C=O) groups is 1.